The maximum atomic E-state index is 4.93. The van der Waals surface area contributed by atoms with E-state index in [0.29, 0.717) is 12.1 Å². The van der Waals surface area contributed by atoms with Gasteiger partial charge in [0.2, 0.25) is 0 Å². The standard InChI is InChI=1S/C20H26N6/c1-20(2,3)18-10-19-21-11-15-16-6-5-13(9-17(15)26(19)23-18)25(16)12-14-7-8-22-24(14)4/h7-8,10-11,13,16H,5-6,9,12H2,1-4H3/t13-,16+/m1/s1. The molecule has 2 bridgehead atoms. The third-order valence-corrected chi connectivity index (χ3v) is 6.08. The van der Waals surface area contributed by atoms with E-state index in [9.17, 15) is 0 Å². The Hall–Kier alpha value is -2.21. The summed E-state index contributed by atoms with van der Waals surface area (Å²) in [6.45, 7) is 7.58. The van der Waals surface area contributed by atoms with Gasteiger partial charge in [-0.2, -0.15) is 10.2 Å². The number of rotatable bonds is 2. The molecule has 3 aromatic rings. The highest BCUT2D eigenvalue weighted by molar-refractivity contribution is 5.45. The van der Waals surface area contributed by atoms with E-state index in [0.717, 1.165) is 24.3 Å². The fourth-order valence-electron chi connectivity index (χ4n) is 4.54. The van der Waals surface area contributed by atoms with E-state index in [1.165, 1.54) is 29.8 Å². The molecule has 0 N–H and O–H groups in total. The molecule has 5 heterocycles. The summed E-state index contributed by atoms with van der Waals surface area (Å²) in [4.78, 5) is 7.39. The molecule has 2 aliphatic rings. The highest BCUT2D eigenvalue weighted by atomic mass is 15.3. The summed E-state index contributed by atoms with van der Waals surface area (Å²) in [5, 5.41) is 9.26. The van der Waals surface area contributed by atoms with Crippen LogP contribution in [-0.4, -0.2) is 35.3 Å². The van der Waals surface area contributed by atoms with Gasteiger partial charge in [-0.3, -0.25) is 9.58 Å². The van der Waals surface area contributed by atoms with Crippen LogP contribution in [0, 0.1) is 0 Å². The highest BCUT2D eigenvalue weighted by Gasteiger charge is 2.41. The molecule has 6 heteroatoms. The molecule has 0 unspecified atom stereocenters. The minimum atomic E-state index is 0.0415. The summed E-state index contributed by atoms with van der Waals surface area (Å²) in [7, 11) is 2.03. The van der Waals surface area contributed by atoms with E-state index in [1.807, 2.05) is 17.9 Å². The van der Waals surface area contributed by atoms with E-state index in [-0.39, 0.29) is 5.41 Å². The van der Waals surface area contributed by atoms with E-state index in [4.69, 9.17) is 10.1 Å². The van der Waals surface area contributed by atoms with Gasteiger partial charge in [0.15, 0.2) is 5.65 Å². The predicted octanol–water partition coefficient (Wildman–Crippen LogP) is 3.02. The Balaban J connectivity index is 1.56. The Bertz CT molecular complexity index is 976. The number of hydrogen-bond donors (Lipinski definition) is 0. The lowest BCUT2D eigenvalue weighted by Crippen LogP contribution is -2.38. The third kappa shape index (κ3) is 2.31. The van der Waals surface area contributed by atoms with Crippen molar-refractivity contribution in [3.63, 3.8) is 0 Å². The molecule has 0 aliphatic carbocycles. The van der Waals surface area contributed by atoms with Crippen molar-refractivity contribution < 1.29 is 0 Å². The maximum Gasteiger partial charge on any atom is 0.155 e. The quantitative estimate of drug-likeness (QED) is 0.713. The first-order valence-electron chi connectivity index (χ1n) is 9.52. The van der Waals surface area contributed by atoms with Gasteiger partial charge < -0.3 is 0 Å². The topological polar surface area (TPSA) is 51.2 Å². The predicted molar refractivity (Wildman–Crippen MR) is 99.9 cm³/mol. The molecule has 0 spiro atoms. The molecule has 26 heavy (non-hydrogen) atoms. The average molecular weight is 350 g/mol. The van der Waals surface area contributed by atoms with Crippen LogP contribution >= 0.6 is 0 Å². The summed E-state index contributed by atoms with van der Waals surface area (Å²) in [6.07, 6.45) is 7.48. The van der Waals surface area contributed by atoms with Crippen molar-refractivity contribution in [2.24, 2.45) is 7.05 Å². The van der Waals surface area contributed by atoms with Gasteiger partial charge in [-0.25, -0.2) is 9.50 Å². The number of aromatic nitrogens is 5. The van der Waals surface area contributed by atoms with Gasteiger partial charge in [0.05, 0.1) is 17.1 Å². The minimum absolute atomic E-state index is 0.0415. The second-order valence-electron chi connectivity index (χ2n) is 8.78. The number of nitrogens with zero attached hydrogens (tertiary/aromatic N) is 6. The van der Waals surface area contributed by atoms with Gasteiger partial charge in [-0.15, -0.1) is 0 Å². The zero-order valence-corrected chi connectivity index (χ0v) is 16.0. The van der Waals surface area contributed by atoms with Crippen LogP contribution in [0.5, 0.6) is 0 Å². The van der Waals surface area contributed by atoms with Crippen molar-refractivity contribution in [3.05, 3.63) is 47.2 Å². The zero-order valence-electron chi connectivity index (χ0n) is 16.0. The fourth-order valence-corrected chi connectivity index (χ4v) is 4.54. The van der Waals surface area contributed by atoms with Crippen LogP contribution in [0.1, 0.15) is 62.3 Å². The summed E-state index contributed by atoms with van der Waals surface area (Å²) < 4.78 is 4.10. The van der Waals surface area contributed by atoms with E-state index < -0.39 is 0 Å². The fraction of sp³-hybridized carbons (Fsp3) is 0.550. The zero-order chi connectivity index (χ0) is 18.1. The summed E-state index contributed by atoms with van der Waals surface area (Å²) >= 11 is 0. The molecule has 2 atom stereocenters. The molecule has 1 fully saturated rings. The Kier molecular flexibility index (Phi) is 3.32. The van der Waals surface area contributed by atoms with Crippen molar-refractivity contribution in [3.8, 4) is 0 Å². The Labute approximate surface area is 153 Å². The number of aryl methyl sites for hydroxylation is 1. The lowest BCUT2D eigenvalue weighted by Gasteiger charge is -2.36. The molecule has 6 nitrogen and oxygen atoms in total. The number of fused-ring (bicyclic) bond motifs is 6. The molecule has 136 valence electrons. The lowest BCUT2D eigenvalue weighted by atomic mass is 9.93. The molecule has 5 rings (SSSR count). The van der Waals surface area contributed by atoms with Crippen molar-refractivity contribution >= 4 is 5.65 Å². The Morgan fingerprint density at radius 2 is 2.08 bits per heavy atom. The molecule has 0 radical (unpaired) electrons. The van der Waals surface area contributed by atoms with Crippen molar-refractivity contribution in [1.82, 2.24) is 29.3 Å². The van der Waals surface area contributed by atoms with Crippen LogP contribution in [0.25, 0.3) is 5.65 Å². The van der Waals surface area contributed by atoms with Gasteiger partial charge in [-0.1, -0.05) is 20.8 Å². The molecule has 0 saturated carbocycles. The minimum Gasteiger partial charge on any atom is -0.287 e. The smallest absolute Gasteiger partial charge is 0.155 e. The van der Waals surface area contributed by atoms with E-state index >= 15 is 0 Å². The summed E-state index contributed by atoms with van der Waals surface area (Å²) in [5.41, 5.74) is 6.13. The monoisotopic (exact) mass is 350 g/mol. The molecule has 2 aliphatic heterocycles. The van der Waals surface area contributed by atoms with Crippen molar-refractivity contribution in [2.45, 2.75) is 64.1 Å². The van der Waals surface area contributed by atoms with Gasteiger partial charge >= 0.3 is 0 Å². The first-order chi connectivity index (χ1) is 12.4. The van der Waals surface area contributed by atoms with E-state index in [2.05, 4.69) is 53.6 Å². The number of hydrogen-bond acceptors (Lipinski definition) is 4. The first-order valence-corrected chi connectivity index (χ1v) is 9.52. The van der Waals surface area contributed by atoms with Crippen LogP contribution in [0.15, 0.2) is 24.5 Å². The SMILES string of the molecule is Cn1nccc1CN1[C@@H]2CC[C@H]1c1cnc3cc(C(C)(C)C)nn3c1C2. The summed E-state index contributed by atoms with van der Waals surface area (Å²) in [6, 6.07) is 5.29. The Morgan fingerprint density at radius 3 is 2.81 bits per heavy atom. The average Bonchev–Trinajstić information content (AvgIpc) is 3.26. The van der Waals surface area contributed by atoms with Gasteiger partial charge in [0.1, 0.15) is 0 Å². The second kappa shape index (κ2) is 5.39. The summed E-state index contributed by atoms with van der Waals surface area (Å²) in [5.74, 6) is 0. The molecular weight excluding hydrogens is 324 g/mol. The van der Waals surface area contributed by atoms with Crippen molar-refractivity contribution in [1.29, 1.82) is 0 Å². The second-order valence-corrected chi connectivity index (χ2v) is 8.78. The normalized spacial score (nSPS) is 22.9. The van der Waals surface area contributed by atoms with Gasteiger partial charge in [0.25, 0.3) is 0 Å². The van der Waals surface area contributed by atoms with Crippen LogP contribution in [0.3, 0.4) is 0 Å². The van der Waals surface area contributed by atoms with Gasteiger partial charge in [0, 0.05) is 61.5 Å². The van der Waals surface area contributed by atoms with Crippen LogP contribution in [0.4, 0.5) is 0 Å². The van der Waals surface area contributed by atoms with Crippen LogP contribution < -0.4 is 0 Å². The third-order valence-electron chi connectivity index (χ3n) is 6.08. The molecule has 0 aromatic carbocycles. The lowest BCUT2D eigenvalue weighted by molar-refractivity contribution is 0.161. The first kappa shape index (κ1) is 16.0. The largest absolute Gasteiger partial charge is 0.287 e. The molecular formula is C20H26N6. The molecule has 3 aromatic heterocycles. The van der Waals surface area contributed by atoms with E-state index in [1.54, 1.807) is 0 Å². The highest BCUT2D eigenvalue weighted by Crippen LogP contribution is 2.44. The Morgan fingerprint density at radius 1 is 1.23 bits per heavy atom. The maximum absolute atomic E-state index is 4.93. The van der Waals surface area contributed by atoms with Gasteiger partial charge in [-0.05, 0) is 18.9 Å². The van der Waals surface area contributed by atoms with Crippen LogP contribution in [-0.2, 0) is 25.4 Å². The van der Waals surface area contributed by atoms with Crippen LogP contribution in [0.2, 0.25) is 0 Å². The molecule has 0 amide bonds. The molecule has 1 saturated heterocycles. The van der Waals surface area contributed by atoms with Crippen molar-refractivity contribution in [2.75, 3.05) is 0 Å².